The molecule has 1 aromatic heterocycles. The summed E-state index contributed by atoms with van der Waals surface area (Å²) in [6.45, 7) is 1.92. The molecule has 16 heavy (non-hydrogen) atoms. The first kappa shape index (κ1) is 11.5. The predicted octanol–water partition coefficient (Wildman–Crippen LogP) is 1.60. The van der Waals surface area contributed by atoms with Gasteiger partial charge in [0.05, 0.1) is 6.42 Å². The highest BCUT2D eigenvalue weighted by atomic mass is 35.7. The van der Waals surface area contributed by atoms with Crippen molar-refractivity contribution in [3.8, 4) is 0 Å². The highest BCUT2D eigenvalue weighted by Crippen LogP contribution is 2.38. The summed E-state index contributed by atoms with van der Waals surface area (Å²) in [6.07, 6.45) is 0.830. The van der Waals surface area contributed by atoms with E-state index in [0.29, 0.717) is 16.5 Å². The smallest absolute Gasteiger partial charge is 0.324 e. The fourth-order valence-electron chi connectivity index (χ4n) is 1.65. The number of hydrogen-bond donors (Lipinski definition) is 0. The lowest BCUT2D eigenvalue weighted by molar-refractivity contribution is -0.138. The van der Waals surface area contributed by atoms with Gasteiger partial charge < -0.3 is 4.42 Å². The molecule has 0 spiro atoms. The Kier molecular flexibility index (Phi) is 2.71. The van der Waals surface area contributed by atoms with E-state index in [-0.39, 0.29) is 6.42 Å². The van der Waals surface area contributed by atoms with Gasteiger partial charge in [0.25, 0.3) is 0 Å². The molecule has 0 radical (unpaired) electrons. The first-order valence-corrected chi connectivity index (χ1v) is 7.05. The molecule has 1 fully saturated rings. The Bertz CT molecular complexity index is 521. The molecule has 0 aromatic carbocycles. The lowest BCUT2D eigenvalue weighted by Crippen LogP contribution is -2.47. The number of amides is 1. The zero-order valence-electron chi connectivity index (χ0n) is 8.51. The number of β-lactam (4-membered cyclic amide) rings is 1. The second-order valence-electron chi connectivity index (χ2n) is 3.51. The number of nitrogens with zero attached hydrogens (tertiary/aromatic N) is 1. The van der Waals surface area contributed by atoms with Crippen molar-refractivity contribution in [3.63, 3.8) is 0 Å². The number of furan rings is 1. The topological polar surface area (TPSA) is 67.6 Å². The van der Waals surface area contributed by atoms with Crippen LogP contribution in [0.3, 0.4) is 0 Å². The highest BCUT2D eigenvalue weighted by molar-refractivity contribution is 8.12. The van der Waals surface area contributed by atoms with Crippen molar-refractivity contribution in [2.45, 2.75) is 25.8 Å². The second kappa shape index (κ2) is 3.78. The van der Waals surface area contributed by atoms with Gasteiger partial charge in [0.15, 0.2) is 0 Å². The molecule has 0 N–H and O–H groups in total. The lowest BCUT2D eigenvalue weighted by atomic mass is 10.0. The van der Waals surface area contributed by atoms with Crippen molar-refractivity contribution in [2.75, 3.05) is 0 Å². The zero-order valence-corrected chi connectivity index (χ0v) is 10.1. The van der Waals surface area contributed by atoms with Gasteiger partial charge in [-0.05, 0) is 12.1 Å². The van der Waals surface area contributed by atoms with Crippen LogP contribution in [0.4, 0.5) is 0 Å². The van der Waals surface area contributed by atoms with E-state index in [4.69, 9.17) is 15.1 Å². The predicted molar refractivity (Wildman–Crippen MR) is 57.1 cm³/mol. The lowest BCUT2D eigenvalue weighted by Gasteiger charge is -2.35. The molecule has 2 rings (SSSR count). The number of carbonyl (C=O) groups is 1. The quantitative estimate of drug-likeness (QED) is 0.614. The fourth-order valence-corrected chi connectivity index (χ4v) is 2.97. The number of rotatable bonds is 3. The third-order valence-corrected chi connectivity index (χ3v) is 3.87. The maximum absolute atomic E-state index is 11.2. The van der Waals surface area contributed by atoms with E-state index in [1.54, 1.807) is 12.1 Å². The summed E-state index contributed by atoms with van der Waals surface area (Å²) in [7, 11) is 1.14. The minimum absolute atomic E-state index is 0.114. The minimum Gasteiger partial charge on any atom is -0.464 e. The van der Waals surface area contributed by atoms with Crippen molar-refractivity contribution in [3.05, 3.63) is 23.7 Å². The maximum Gasteiger partial charge on any atom is 0.324 e. The fraction of sp³-hybridized carbons (Fsp3) is 0.444. The molecule has 1 amide bonds. The highest BCUT2D eigenvalue weighted by Gasteiger charge is 2.46. The molecule has 1 aliphatic heterocycles. The normalized spacial score (nSPS) is 21.0. The van der Waals surface area contributed by atoms with Gasteiger partial charge >= 0.3 is 9.24 Å². The van der Waals surface area contributed by atoms with E-state index >= 15 is 0 Å². The van der Waals surface area contributed by atoms with Gasteiger partial charge in [0, 0.05) is 17.1 Å². The minimum atomic E-state index is -4.01. The molecule has 1 saturated heterocycles. The summed E-state index contributed by atoms with van der Waals surface area (Å²) in [6, 6.07) is 2.85. The molecule has 2 heterocycles. The van der Waals surface area contributed by atoms with Gasteiger partial charge in [-0.15, -0.1) is 0 Å². The number of hydrogen-bond acceptors (Lipinski definition) is 4. The maximum atomic E-state index is 11.2. The molecule has 5 nitrogen and oxygen atoms in total. The Balaban J connectivity index is 2.27. The van der Waals surface area contributed by atoms with Crippen LogP contribution < -0.4 is 0 Å². The molecule has 88 valence electrons. The van der Waals surface area contributed by atoms with Crippen molar-refractivity contribution in [1.29, 1.82) is 0 Å². The average molecular weight is 264 g/mol. The van der Waals surface area contributed by atoms with Crippen molar-refractivity contribution in [1.82, 2.24) is 4.31 Å². The molecule has 7 heteroatoms. The van der Waals surface area contributed by atoms with Crippen molar-refractivity contribution < 1.29 is 17.6 Å². The van der Waals surface area contributed by atoms with Gasteiger partial charge in [-0.25, -0.2) is 4.31 Å². The standard InChI is InChI=1S/C9H10ClNO4S/c1-2-6-3-4-8(15-6)7-5-9(12)11(7)16(10,13)14/h3-4,7H,2,5H2,1H3. The zero-order chi connectivity index (χ0) is 11.9. The van der Waals surface area contributed by atoms with E-state index in [0.717, 1.165) is 5.76 Å². The Hall–Kier alpha value is -1.01. The van der Waals surface area contributed by atoms with Crippen LogP contribution in [0.25, 0.3) is 0 Å². The van der Waals surface area contributed by atoms with Crippen molar-refractivity contribution >= 4 is 25.8 Å². The third-order valence-electron chi connectivity index (χ3n) is 2.49. The summed E-state index contributed by atoms with van der Waals surface area (Å²) in [4.78, 5) is 11.2. The van der Waals surface area contributed by atoms with Gasteiger partial charge in [-0.3, -0.25) is 4.79 Å². The van der Waals surface area contributed by atoms with Crippen molar-refractivity contribution in [2.24, 2.45) is 0 Å². The van der Waals surface area contributed by atoms with Gasteiger partial charge in [0.2, 0.25) is 5.91 Å². The van der Waals surface area contributed by atoms with Crippen LogP contribution in [0.15, 0.2) is 16.5 Å². The molecular formula is C9H10ClNO4S. The van der Waals surface area contributed by atoms with E-state index in [1.165, 1.54) is 0 Å². The van der Waals surface area contributed by atoms with Crippen LogP contribution >= 0.6 is 10.7 Å². The number of carbonyl (C=O) groups excluding carboxylic acids is 1. The molecule has 1 aliphatic rings. The van der Waals surface area contributed by atoms with E-state index in [2.05, 4.69) is 0 Å². The molecule has 0 aliphatic carbocycles. The monoisotopic (exact) mass is 263 g/mol. The Morgan fingerprint density at radius 2 is 2.25 bits per heavy atom. The summed E-state index contributed by atoms with van der Waals surface area (Å²) in [5.41, 5.74) is 0. The van der Waals surface area contributed by atoms with Crippen LogP contribution in [-0.2, 0) is 20.5 Å². The second-order valence-corrected chi connectivity index (χ2v) is 5.90. The molecule has 0 saturated carbocycles. The summed E-state index contributed by atoms with van der Waals surface area (Å²) in [5, 5.41) is 0. The summed E-state index contributed by atoms with van der Waals surface area (Å²) < 4.78 is 28.3. The Morgan fingerprint density at radius 1 is 1.56 bits per heavy atom. The first-order chi connectivity index (χ1) is 7.43. The van der Waals surface area contributed by atoms with Crippen LogP contribution in [0.5, 0.6) is 0 Å². The first-order valence-electron chi connectivity index (χ1n) is 4.79. The SMILES string of the molecule is CCc1ccc(C2CC(=O)N2S(=O)(=O)Cl)o1. The molecule has 1 unspecified atom stereocenters. The summed E-state index contributed by atoms with van der Waals surface area (Å²) >= 11 is 0. The van der Waals surface area contributed by atoms with E-state index in [1.807, 2.05) is 6.92 Å². The molecule has 1 atom stereocenters. The third kappa shape index (κ3) is 1.82. The van der Waals surface area contributed by atoms with Crippen LogP contribution in [0.2, 0.25) is 0 Å². The molecule has 1 aromatic rings. The Morgan fingerprint density at radius 3 is 2.69 bits per heavy atom. The van der Waals surface area contributed by atoms with E-state index in [9.17, 15) is 13.2 Å². The van der Waals surface area contributed by atoms with Gasteiger partial charge in [-0.1, -0.05) is 6.92 Å². The average Bonchev–Trinajstić information content (AvgIpc) is 2.58. The Labute approximate surface area is 97.5 Å². The van der Waals surface area contributed by atoms with E-state index < -0.39 is 21.2 Å². The van der Waals surface area contributed by atoms with Gasteiger partial charge in [-0.2, -0.15) is 8.42 Å². The van der Waals surface area contributed by atoms with Gasteiger partial charge in [0.1, 0.15) is 17.6 Å². The molecular weight excluding hydrogens is 254 g/mol. The number of halogens is 1. The largest absolute Gasteiger partial charge is 0.464 e. The van der Waals surface area contributed by atoms with Crippen LogP contribution in [0.1, 0.15) is 30.9 Å². The summed E-state index contributed by atoms with van der Waals surface area (Å²) in [5.74, 6) is 0.705. The van der Waals surface area contributed by atoms with Crippen LogP contribution in [0, 0.1) is 0 Å². The molecule has 0 bridgehead atoms. The van der Waals surface area contributed by atoms with Crippen LogP contribution in [-0.4, -0.2) is 18.6 Å². The number of aryl methyl sites for hydroxylation is 1.